The Bertz CT molecular complexity index is 460. The van der Waals surface area contributed by atoms with Gasteiger partial charge in [0.15, 0.2) is 0 Å². The SMILES string of the molecule is Cc1cc(N2C3CCC2CC(Cl)C3)nc(C(C)C)n1. The minimum absolute atomic E-state index is 0.348. The van der Waals surface area contributed by atoms with Gasteiger partial charge in [-0.2, -0.15) is 0 Å². The second-order valence-electron chi connectivity index (χ2n) is 6.24. The molecule has 2 saturated heterocycles. The first-order chi connectivity index (χ1) is 9.04. The largest absolute Gasteiger partial charge is 0.350 e. The highest BCUT2D eigenvalue weighted by molar-refractivity contribution is 6.20. The summed E-state index contributed by atoms with van der Waals surface area (Å²) in [6, 6.07) is 3.29. The van der Waals surface area contributed by atoms with Crippen molar-refractivity contribution in [1.82, 2.24) is 9.97 Å². The molecule has 1 aromatic rings. The van der Waals surface area contributed by atoms with Gasteiger partial charge in [-0.3, -0.25) is 0 Å². The van der Waals surface area contributed by atoms with Gasteiger partial charge in [0.1, 0.15) is 11.6 Å². The molecule has 19 heavy (non-hydrogen) atoms. The molecule has 2 aliphatic heterocycles. The van der Waals surface area contributed by atoms with Crippen molar-refractivity contribution in [1.29, 1.82) is 0 Å². The Balaban J connectivity index is 1.94. The van der Waals surface area contributed by atoms with Gasteiger partial charge < -0.3 is 4.90 Å². The van der Waals surface area contributed by atoms with Crippen LogP contribution in [-0.4, -0.2) is 27.4 Å². The number of nitrogens with zero attached hydrogens (tertiary/aromatic N) is 3. The van der Waals surface area contributed by atoms with Crippen LogP contribution in [0.4, 0.5) is 5.82 Å². The van der Waals surface area contributed by atoms with E-state index in [0.29, 0.717) is 23.4 Å². The molecule has 1 aromatic heterocycles. The quantitative estimate of drug-likeness (QED) is 0.774. The van der Waals surface area contributed by atoms with Gasteiger partial charge in [0.2, 0.25) is 0 Å². The van der Waals surface area contributed by atoms with Crippen LogP contribution < -0.4 is 4.90 Å². The summed E-state index contributed by atoms with van der Waals surface area (Å²) >= 11 is 6.35. The number of aromatic nitrogens is 2. The van der Waals surface area contributed by atoms with Gasteiger partial charge in [0, 0.05) is 35.1 Å². The molecule has 2 fully saturated rings. The number of rotatable bonds is 2. The van der Waals surface area contributed by atoms with Gasteiger partial charge in [0.25, 0.3) is 0 Å². The van der Waals surface area contributed by atoms with E-state index in [4.69, 9.17) is 16.6 Å². The molecule has 0 aromatic carbocycles. The van der Waals surface area contributed by atoms with E-state index in [9.17, 15) is 0 Å². The minimum Gasteiger partial charge on any atom is -0.350 e. The molecule has 3 nitrogen and oxygen atoms in total. The van der Waals surface area contributed by atoms with Crippen molar-refractivity contribution in [3.63, 3.8) is 0 Å². The van der Waals surface area contributed by atoms with E-state index in [1.165, 1.54) is 12.8 Å². The molecule has 3 heterocycles. The summed E-state index contributed by atoms with van der Waals surface area (Å²) in [6.07, 6.45) is 4.71. The monoisotopic (exact) mass is 279 g/mol. The number of halogens is 1. The lowest BCUT2D eigenvalue weighted by atomic mass is 10.0. The molecule has 3 rings (SSSR count). The van der Waals surface area contributed by atoms with Crippen LogP contribution in [0.5, 0.6) is 0 Å². The Kier molecular flexibility index (Phi) is 3.42. The van der Waals surface area contributed by atoms with Crippen LogP contribution in [0.15, 0.2) is 6.07 Å². The van der Waals surface area contributed by atoms with Gasteiger partial charge in [-0.15, -0.1) is 11.6 Å². The van der Waals surface area contributed by atoms with E-state index in [0.717, 1.165) is 30.2 Å². The van der Waals surface area contributed by atoms with Crippen molar-refractivity contribution in [2.45, 2.75) is 69.8 Å². The summed E-state index contributed by atoms with van der Waals surface area (Å²) < 4.78 is 0. The van der Waals surface area contributed by atoms with E-state index >= 15 is 0 Å². The zero-order chi connectivity index (χ0) is 13.6. The molecule has 0 spiro atoms. The number of anilines is 1. The van der Waals surface area contributed by atoms with Gasteiger partial charge in [-0.05, 0) is 32.6 Å². The van der Waals surface area contributed by atoms with Gasteiger partial charge in [-0.25, -0.2) is 9.97 Å². The van der Waals surface area contributed by atoms with E-state index in [2.05, 4.69) is 36.7 Å². The third-order valence-corrected chi connectivity index (χ3v) is 4.67. The molecule has 2 unspecified atom stereocenters. The highest BCUT2D eigenvalue weighted by atomic mass is 35.5. The smallest absolute Gasteiger partial charge is 0.133 e. The van der Waals surface area contributed by atoms with Crippen LogP contribution in [0.3, 0.4) is 0 Å². The summed E-state index contributed by atoms with van der Waals surface area (Å²) in [5.41, 5.74) is 1.07. The average Bonchev–Trinajstić information content (AvgIpc) is 2.61. The normalized spacial score (nSPS) is 30.2. The molecule has 2 aliphatic rings. The average molecular weight is 280 g/mol. The maximum Gasteiger partial charge on any atom is 0.133 e. The number of hydrogen-bond donors (Lipinski definition) is 0. The van der Waals surface area contributed by atoms with Crippen LogP contribution in [0.25, 0.3) is 0 Å². The number of alkyl halides is 1. The summed E-state index contributed by atoms with van der Waals surface area (Å²) in [5.74, 6) is 2.46. The highest BCUT2D eigenvalue weighted by Gasteiger charge is 2.40. The van der Waals surface area contributed by atoms with E-state index in [1.54, 1.807) is 0 Å². The van der Waals surface area contributed by atoms with Crippen LogP contribution in [0.1, 0.15) is 57.0 Å². The van der Waals surface area contributed by atoms with E-state index in [1.807, 2.05) is 0 Å². The van der Waals surface area contributed by atoms with Gasteiger partial charge >= 0.3 is 0 Å². The van der Waals surface area contributed by atoms with Crippen molar-refractivity contribution in [3.8, 4) is 0 Å². The van der Waals surface area contributed by atoms with Crippen LogP contribution in [0.2, 0.25) is 0 Å². The van der Waals surface area contributed by atoms with Crippen LogP contribution in [-0.2, 0) is 0 Å². The summed E-state index contributed by atoms with van der Waals surface area (Å²) in [6.45, 7) is 6.36. The lowest BCUT2D eigenvalue weighted by Gasteiger charge is -2.38. The summed E-state index contributed by atoms with van der Waals surface area (Å²) in [7, 11) is 0. The van der Waals surface area contributed by atoms with Crippen molar-refractivity contribution in [2.24, 2.45) is 0 Å². The van der Waals surface area contributed by atoms with Crippen molar-refractivity contribution in [3.05, 3.63) is 17.6 Å². The molecule has 2 atom stereocenters. The molecule has 104 valence electrons. The standard InChI is InChI=1S/C15H22ClN3/c1-9(2)15-17-10(3)6-14(18-15)19-12-4-5-13(19)8-11(16)7-12/h6,9,11-13H,4-5,7-8H2,1-3H3. The van der Waals surface area contributed by atoms with E-state index in [-0.39, 0.29) is 0 Å². The van der Waals surface area contributed by atoms with Gasteiger partial charge in [0.05, 0.1) is 0 Å². The Labute approximate surface area is 120 Å². The molecule has 0 saturated carbocycles. The molecular formula is C15H22ClN3. The van der Waals surface area contributed by atoms with Crippen molar-refractivity contribution in [2.75, 3.05) is 4.90 Å². The first-order valence-corrected chi connectivity index (χ1v) is 7.76. The maximum absolute atomic E-state index is 6.35. The summed E-state index contributed by atoms with van der Waals surface area (Å²) in [5, 5.41) is 0.348. The fourth-order valence-electron chi connectivity index (χ4n) is 3.45. The second-order valence-corrected chi connectivity index (χ2v) is 6.86. The van der Waals surface area contributed by atoms with Gasteiger partial charge in [-0.1, -0.05) is 13.8 Å². The zero-order valence-electron chi connectivity index (χ0n) is 11.9. The number of piperidine rings is 1. The van der Waals surface area contributed by atoms with Crippen molar-refractivity contribution < 1.29 is 0 Å². The molecule has 4 heteroatoms. The molecule has 0 N–H and O–H groups in total. The predicted molar refractivity (Wildman–Crippen MR) is 79.0 cm³/mol. The summed E-state index contributed by atoms with van der Waals surface area (Å²) in [4.78, 5) is 11.9. The fraction of sp³-hybridized carbons (Fsp3) is 0.733. The Morgan fingerprint density at radius 2 is 1.84 bits per heavy atom. The van der Waals surface area contributed by atoms with E-state index < -0.39 is 0 Å². The maximum atomic E-state index is 6.35. The third-order valence-electron chi connectivity index (χ3n) is 4.31. The topological polar surface area (TPSA) is 29.0 Å². The fourth-order valence-corrected chi connectivity index (χ4v) is 3.86. The Hall–Kier alpha value is -0.830. The molecular weight excluding hydrogens is 258 g/mol. The Morgan fingerprint density at radius 1 is 1.21 bits per heavy atom. The van der Waals surface area contributed by atoms with Crippen LogP contribution >= 0.6 is 11.6 Å². The lowest BCUT2D eigenvalue weighted by Crippen LogP contribution is -2.44. The third kappa shape index (κ3) is 2.45. The van der Waals surface area contributed by atoms with Crippen molar-refractivity contribution >= 4 is 17.4 Å². The minimum atomic E-state index is 0.348. The molecule has 0 amide bonds. The Morgan fingerprint density at radius 3 is 2.42 bits per heavy atom. The lowest BCUT2D eigenvalue weighted by molar-refractivity contribution is 0.469. The zero-order valence-corrected chi connectivity index (χ0v) is 12.7. The number of fused-ring (bicyclic) bond motifs is 2. The number of aryl methyl sites for hydroxylation is 1. The highest BCUT2D eigenvalue weighted by Crippen LogP contribution is 2.40. The first kappa shape index (κ1) is 13.2. The van der Waals surface area contributed by atoms with Crippen LogP contribution in [0, 0.1) is 6.92 Å². The first-order valence-electron chi connectivity index (χ1n) is 7.32. The second kappa shape index (κ2) is 4.93. The number of hydrogen-bond acceptors (Lipinski definition) is 3. The molecule has 0 aliphatic carbocycles. The predicted octanol–water partition coefficient (Wildman–Crippen LogP) is 3.65. The molecule has 2 bridgehead atoms. The molecule has 0 radical (unpaired) electrons.